The Bertz CT molecular complexity index is 1270. The Labute approximate surface area is 208 Å². The number of likely N-dealkylation sites (tertiary alicyclic amines) is 1. The lowest BCUT2D eigenvalue weighted by atomic mass is 9.91. The summed E-state index contributed by atoms with van der Waals surface area (Å²) in [5.41, 5.74) is 5.12. The highest BCUT2D eigenvalue weighted by Gasteiger charge is 2.31. The van der Waals surface area contributed by atoms with Crippen LogP contribution in [0.15, 0.2) is 30.5 Å². The minimum Gasteiger partial charge on any atom is -0.369 e. The number of ether oxygens (including phenoxy) is 1. The molecule has 0 radical (unpaired) electrons. The van der Waals surface area contributed by atoms with E-state index in [4.69, 9.17) is 16.3 Å². The lowest BCUT2D eigenvalue weighted by Gasteiger charge is -2.37. The molecule has 2 aromatic heterocycles. The molecule has 1 unspecified atom stereocenters. The van der Waals surface area contributed by atoms with Crippen LogP contribution in [0.4, 0.5) is 0 Å². The van der Waals surface area contributed by atoms with Crippen LogP contribution in [-0.4, -0.2) is 46.5 Å². The van der Waals surface area contributed by atoms with Gasteiger partial charge in [0.25, 0.3) is 0 Å². The van der Waals surface area contributed by atoms with E-state index in [9.17, 15) is 9.59 Å². The molecular weight excluding hydrogens is 470 g/mol. The Morgan fingerprint density at radius 2 is 1.97 bits per heavy atom. The van der Waals surface area contributed by atoms with Crippen molar-refractivity contribution in [1.82, 2.24) is 15.2 Å². The van der Waals surface area contributed by atoms with Crippen LogP contribution in [0.25, 0.3) is 21.3 Å². The Morgan fingerprint density at radius 1 is 1.21 bits per heavy atom. The summed E-state index contributed by atoms with van der Waals surface area (Å²) in [5.74, 6) is -0.209. The summed E-state index contributed by atoms with van der Waals surface area (Å²) >= 11 is 8.11. The molecule has 2 fully saturated rings. The number of nitrogens with zero attached hydrogens (tertiary/aromatic N) is 2. The Balaban J connectivity index is 1.53. The highest BCUT2D eigenvalue weighted by Crippen LogP contribution is 2.39. The SMILES string of the molecule is Cc1cc(Cl)cc(-c2ccnc3cc(CN4C(=O)CCC4=O)sc23)c1CC1CNCC(C)(C)O1. The van der Waals surface area contributed by atoms with Gasteiger partial charge in [-0.1, -0.05) is 11.6 Å². The number of carbonyl (C=O) groups excluding carboxylic acids is 2. The first kappa shape index (κ1) is 23.4. The lowest BCUT2D eigenvalue weighted by Crippen LogP contribution is -2.51. The number of hydrogen-bond donors (Lipinski definition) is 1. The maximum Gasteiger partial charge on any atom is 0.230 e. The van der Waals surface area contributed by atoms with E-state index in [1.165, 1.54) is 10.5 Å². The van der Waals surface area contributed by atoms with Gasteiger partial charge in [0, 0.05) is 54.0 Å². The van der Waals surface area contributed by atoms with Crippen LogP contribution in [0.1, 0.15) is 42.7 Å². The summed E-state index contributed by atoms with van der Waals surface area (Å²) in [6.07, 6.45) is 3.24. The molecule has 8 heteroatoms. The van der Waals surface area contributed by atoms with Crippen LogP contribution in [0, 0.1) is 6.92 Å². The van der Waals surface area contributed by atoms with Crippen LogP contribution >= 0.6 is 22.9 Å². The maximum absolute atomic E-state index is 12.1. The molecule has 1 aromatic carbocycles. The van der Waals surface area contributed by atoms with Crippen molar-refractivity contribution >= 4 is 45.0 Å². The minimum absolute atomic E-state index is 0.0609. The summed E-state index contributed by atoms with van der Waals surface area (Å²) in [5, 5.41) is 4.18. The molecule has 0 aliphatic carbocycles. The normalized spacial score (nSPS) is 20.5. The molecule has 5 rings (SSSR count). The van der Waals surface area contributed by atoms with Gasteiger partial charge in [0.1, 0.15) is 0 Å². The van der Waals surface area contributed by atoms with Crippen molar-refractivity contribution in [2.24, 2.45) is 0 Å². The van der Waals surface area contributed by atoms with Gasteiger partial charge in [-0.15, -0.1) is 11.3 Å². The van der Waals surface area contributed by atoms with Gasteiger partial charge in [-0.05, 0) is 61.7 Å². The molecule has 34 heavy (non-hydrogen) atoms. The number of thiophene rings is 1. The molecule has 0 spiro atoms. The topological polar surface area (TPSA) is 71.5 Å². The van der Waals surface area contributed by atoms with E-state index in [1.54, 1.807) is 11.3 Å². The Kier molecular flexibility index (Phi) is 6.23. The average molecular weight is 498 g/mol. The molecule has 6 nitrogen and oxygen atoms in total. The van der Waals surface area contributed by atoms with Gasteiger partial charge < -0.3 is 10.1 Å². The van der Waals surface area contributed by atoms with E-state index in [0.29, 0.717) is 24.4 Å². The summed E-state index contributed by atoms with van der Waals surface area (Å²) in [7, 11) is 0. The molecule has 2 aliphatic heterocycles. The molecule has 2 aliphatic rings. The fraction of sp³-hybridized carbons (Fsp3) is 0.423. The molecule has 178 valence electrons. The molecule has 4 heterocycles. The first-order chi connectivity index (χ1) is 16.2. The van der Waals surface area contributed by atoms with Crippen molar-refractivity contribution in [1.29, 1.82) is 0 Å². The fourth-order valence-electron chi connectivity index (χ4n) is 4.93. The number of nitrogens with one attached hydrogen (secondary N) is 1. The van der Waals surface area contributed by atoms with E-state index in [1.807, 2.05) is 30.5 Å². The average Bonchev–Trinajstić information content (AvgIpc) is 3.32. The quantitative estimate of drug-likeness (QED) is 0.508. The number of carbonyl (C=O) groups is 2. The summed E-state index contributed by atoms with van der Waals surface area (Å²) in [6.45, 7) is 8.25. The molecule has 1 N–H and O–H groups in total. The number of rotatable bonds is 5. The van der Waals surface area contributed by atoms with E-state index in [0.717, 1.165) is 51.3 Å². The minimum atomic E-state index is -0.208. The second-order valence-electron chi connectivity index (χ2n) is 9.74. The van der Waals surface area contributed by atoms with Crippen molar-refractivity contribution in [3.63, 3.8) is 0 Å². The second kappa shape index (κ2) is 9.04. The highest BCUT2D eigenvalue weighted by atomic mass is 35.5. The molecular formula is C26H28ClN3O3S. The third kappa shape index (κ3) is 4.62. The van der Waals surface area contributed by atoms with Gasteiger partial charge in [0.2, 0.25) is 11.8 Å². The number of morpholine rings is 1. The van der Waals surface area contributed by atoms with Crippen LogP contribution in [0.2, 0.25) is 5.02 Å². The molecule has 2 saturated heterocycles. The zero-order valence-electron chi connectivity index (χ0n) is 19.6. The Hall–Kier alpha value is -2.32. The first-order valence-corrected chi connectivity index (χ1v) is 12.8. The van der Waals surface area contributed by atoms with E-state index < -0.39 is 0 Å². The van der Waals surface area contributed by atoms with Gasteiger partial charge in [0.05, 0.1) is 28.5 Å². The van der Waals surface area contributed by atoms with Crippen molar-refractivity contribution in [3.8, 4) is 11.1 Å². The predicted octanol–water partition coefficient (Wildman–Crippen LogP) is 4.88. The van der Waals surface area contributed by atoms with Crippen molar-refractivity contribution < 1.29 is 14.3 Å². The number of fused-ring (bicyclic) bond motifs is 1. The number of benzene rings is 1. The third-order valence-electron chi connectivity index (χ3n) is 6.50. The van der Waals surface area contributed by atoms with Crippen molar-refractivity contribution in [3.05, 3.63) is 51.5 Å². The molecule has 0 saturated carbocycles. The molecule has 2 amide bonds. The maximum atomic E-state index is 12.1. The van der Waals surface area contributed by atoms with Gasteiger partial charge in [0.15, 0.2) is 0 Å². The number of amides is 2. The molecule has 1 atom stereocenters. The number of pyridine rings is 1. The monoisotopic (exact) mass is 497 g/mol. The molecule has 3 aromatic rings. The zero-order chi connectivity index (χ0) is 24.0. The summed E-state index contributed by atoms with van der Waals surface area (Å²) in [4.78, 5) is 31.1. The fourth-order valence-corrected chi connectivity index (χ4v) is 6.33. The van der Waals surface area contributed by atoms with Crippen LogP contribution < -0.4 is 5.32 Å². The van der Waals surface area contributed by atoms with Crippen LogP contribution in [-0.2, 0) is 27.3 Å². The number of hydrogen-bond acceptors (Lipinski definition) is 6. The predicted molar refractivity (Wildman–Crippen MR) is 135 cm³/mol. The standard InChI is InChI=1S/C26H28ClN3O3S/c1-15-8-16(27)9-21(20(15)10-17-12-28-14-26(2,3)33-17)19-6-7-29-22-11-18(34-25(19)22)13-30-23(31)4-5-24(30)32/h6-9,11,17,28H,4-5,10,12-14H2,1-3H3. The van der Waals surface area contributed by atoms with E-state index in [-0.39, 0.29) is 23.5 Å². The van der Waals surface area contributed by atoms with Crippen LogP contribution in [0.3, 0.4) is 0 Å². The third-order valence-corrected chi connectivity index (χ3v) is 7.86. The number of aromatic nitrogens is 1. The number of imide groups is 1. The van der Waals surface area contributed by atoms with Crippen molar-refractivity contribution in [2.75, 3.05) is 13.1 Å². The van der Waals surface area contributed by atoms with Gasteiger partial charge in [-0.2, -0.15) is 0 Å². The zero-order valence-corrected chi connectivity index (χ0v) is 21.2. The Morgan fingerprint density at radius 3 is 2.71 bits per heavy atom. The number of halogens is 1. The summed E-state index contributed by atoms with van der Waals surface area (Å²) in [6, 6.07) is 8.03. The van der Waals surface area contributed by atoms with Crippen LogP contribution in [0.5, 0.6) is 0 Å². The van der Waals surface area contributed by atoms with E-state index in [2.05, 4.69) is 31.1 Å². The number of aryl methyl sites for hydroxylation is 1. The largest absolute Gasteiger partial charge is 0.369 e. The smallest absolute Gasteiger partial charge is 0.230 e. The van der Waals surface area contributed by atoms with E-state index >= 15 is 0 Å². The lowest BCUT2D eigenvalue weighted by molar-refractivity contribution is -0.138. The van der Waals surface area contributed by atoms with Gasteiger partial charge >= 0.3 is 0 Å². The second-order valence-corrected chi connectivity index (χ2v) is 11.3. The van der Waals surface area contributed by atoms with Crippen molar-refractivity contribution in [2.45, 2.75) is 58.3 Å². The molecule has 0 bridgehead atoms. The van der Waals surface area contributed by atoms with Gasteiger partial charge in [-0.25, -0.2) is 0 Å². The first-order valence-electron chi connectivity index (χ1n) is 11.6. The summed E-state index contributed by atoms with van der Waals surface area (Å²) < 4.78 is 7.40. The van der Waals surface area contributed by atoms with Gasteiger partial charge in [-0.3, -0.25) is 19.5 Å². The highest BCUT2D eigenvalue weighted by molar-refractivity contribution is 7.19.